The summed E-state index contributed by atoms with van der Waals surface area (Å²) >= 11 is 1.34. The Morgan fingerprint density at radius 2 is 2.25 bits per heavy atom. The van der Waals surface area contributed by atoms with E-state index in [2.05, 4.69) is 19.2 Å². The van der Waals surface area contributed by atoms with Gasteiger partial charge < -0.3 is 10.4 Å². The Hall–Kier alpha value is -1.42. The fraction of sp³-hybridized carbons (Fsp3) is 0.571. The molecule has 0 saturated carbocycles. The quantitative estimate of drug-likeness (QED) is 0.769. The molecule has 0 bridgehead atoms. The highest BCUT2D eigenvalue weighted by molar-refractivity contribution is 7.14. The summed E-state index contributed by atoms with van der Waals surface area (Å²) in [7, 11) is 0. The number of anilines is 1. The Morgan fingerprint density at radius 3 is 2.80 bits per heavy atom. The molecule has 20 heavy (non-hydrogen) atoms. The first-order chi connectivity index (χ1) is 9.65. The molecule has 0 aromatic carbocycles. The molecule has 1 amide bonds. The number of hydrogen-bond donors (Lipinski definition) is 2. The number of nitriles is 1. The van der Waals surface area contributed by atoms with Crippen LogP contribution in [0.5, 0.6) is 0 Å². The molecule has 1 aromatic rings. The van der Waals surface area contributed by atoms with Crippen molar-refractivity contribution in [2.75, 3.05) is 25.0 Å². The standard InChI is InChI=1S/C14H21N3O2S/c1-3-12(4-2)17(6-7-18)10-13(19)16-14-11(9-15)5-8-20-14/h5,8,12,18H,3-4,6-7,10H2,1-2H3,(H,16,19). The molecule has 0 aliphatic rings. The normalized spacial score (nSPS) is 10.8. The van der Waals surface area contributed by atoms with E-state index < -0.39 is 0 Å². The minimum absolute atomic E-state index is 0.0340. The van der Waals surface area contributed by atoms with Gasteiger partial charge in [0.15, 0.2) is 0 Å². The van der Waals surface area contributed by atoms with Crippen molar-refractivity contribution in [3.05, 3.63) is 17.0 Å². The topological polar surface area (TPSA) is 76.4 Å². The van der Waals surface area contributed by atoms with Gasteiger partial charge in [-0.3, -0.25) is 9.69 Å². The molecule has 0 fully saturated rings. The molecule has 0 aliphatic carbocycles. The summed E-state index contributed by atoms with van der Waals surface area (Å²) in [5, 5.41) is 23.2. The molecule has 1 rings (SSSR count). The SMILES string of the molecule is CCC(CC)N(CCO)CC(=O)Nc1sccc1C#N. The number of nitrogens with one attached hydrogen (secondary N) is 1. The van der Waals surface area contributed by atoms with Crippen LogP contribution in [0.1, 0.15) is 32.3 Å². The Kier molecular flexibility index (Phi) is 7.23. The van der Waals surface area contributed by atoms with Gasteiger partial charge in [0.05, 0.1) is 18.7 Å². The van der Waals surface area contributed by atoms with Crippen LogP contribution < -0.4 is 5.32 Å². The molecule has 5 nitrogen and oxygen atoms in total. The summed E-state index contributed by atoms with van der Waals surface area (Å²) in [6.07, 6.45) is 1.87. The fourth-order valence-electron chi connectivity index (χ4n) is 2.17. The van der Waals surface area contributed by atoms with Gasteiger partial charge in [-0.15, -0.1) is 11.3 Å². The van der Waals surface area contributed by atoms with Crippen LogP contribution >= 0.6 is 11.3 Å². The number of amides is 1. The van der Waals surface area contributed by atoms with Crippen molar-refractivity contribution in [2.45, 2.75) is 32.7 Å². The zero-order chi connectivity index (χ0) is 15.0. The van der Waals surface area contributed by atoms with E-state index in [0.29, 0.717) is 17.1 Å². The van der Waals surface area contributed by atoms with E-state index in [0.717, 1.165) is 12.8 Å². The zero-order valence-corrected chi connectivity index (χ0v) is 12.7. The summed E-state index contributed by atoms with van der Waals surface area (Å²) in [6.45, 7) is 4.89. The van der Waals surface area contributed by atoms with E-state index in [-0.39, 0.29) is 25.1 Å². The van der Waals surface area contributed by atoms with Crippen molar-refractivity contribution in [2.24, 2.45) is 0 Å². The minimum Gasteiger partial charge on any atom is -0.395 e. The summed E-state index contributed by atoms with van der Waals surface area (Å²) in [5.74, 6) is -0.149. The van der Waals surface area contributed by atoms with Gasteiger partial charge in [-0.1, -0.05) is 13.8 Å². The van der Waals surface area contributed by atoms with Crippen molar-refractivity contribution in [1.29, 1.82) is 5.26 Å². The van der Waals surface area contributed by atoms with E-state index in [1.165, 1.54) is 11.3 Å². The first-order valence-corrected chi connectivity index (χ1v) is 7.66. The van der Waals surface area contributed by atoms with E-state index in [1.54, 1.807) is 11.4 Å². The number of aliphatic hydroxyl groups is 1. The molecule has 1 aromatic heterocycles. The van der Waals surface area contributed by atoms with Crippen LogP contribution in [-0.2, 0) is 4.79 Å². The van der Waals surface area contributed by atoms with E-state index >= 15 is 0 Å². The lowest BCUT2D eigenvalue weighted by molar-refractivity contribution is -0.118. The molecule has 1 heterocycles. The summed E-state index contributed by atoms with van der Waals surface area (Å²) in [4.78, 5) is 14.0. The largest absolute Gasteiger partial charge is 0.395 e. The second kappa shape index (κ2) is 8.69. The Bertz CT molecular complexity index is 463. The average molecular weight is 295 g/mol. The minimum atomic E-state index is -0.149. The van der Waals surface area contributed by atoms with Gasteiger partial charge in [0.2, 0.25) is 5.91 Å². The predicted molar refractivity (Wildman–Crippen MR) is 80.7 cm³/mol. The van der Waals surface area contributed by atoms with Gasteiger partial charge in [0.1, 0.15) is 11.1 Å². The maximum Gasteiger partial charge on any atom is 0.239 e. The lowest BCUT2D eigenvalue weighted by atomic mass is 10.1. The number of aliphatic hydroxyl groups excluding tert-OH is 1. The number of hydrogen-bond acceptors (Lipinski definition) is 5. The monoisotopic (exact) mass is 295 g/mol. The number of carbonyl (C=O) groups excluding carboxylic acids is 1. The molecule has 0 radical (unpaired) electrons. The average Bonchev–Trinajstić information content (AvgIpc) is 2.87. The van der Waals surface area contributed by atoms with Crippen molar-refractivity contribution < 1.29 is 9.90 Å². The number of nitrogens with zero attached hydrogens (tertiary/aromatic N) is 2. The number of rotatable bonds is 8. The highest BCUT2D eigenvalue weighted by atomic mass is 32.1. The third kappa shape index (κ3) is 4.60. The molecule has 2 N–H and O–H groups in total. The molecule has 110 valence electrons. The highest BCUT2D eigenvalue weighted by Gasteiger charge is 2.18. The summed E-state index contributed by atoms with van der Waals surface area (Å²) in [6, 6.07) is 4.02. The lowest BCUT2D eigenvalue weighted by Gasteiger charge is -2.29. The van der Waals surface area contributed by atoms with Crippen LogP contribution in [0.25, 0.3) is 0 Å². The summed E-state index contributed by atoms with van der Waals surface area (Å²) < 4.78 is 0. The lowest BCUT2D eigenvalue weighted by Crippen LogP contribution is -2.42. The molecule has 0 aliphatic heterocycles. The molecule has 0 unspecified atom stereocenters. The van der Waals surface area contributed by atoms with Gasteiger partial charge in [0, 0.05) is 12.6 Å². The van der Waals surface area contributed by atoms with E-state index in [1.807, 2.05) is 11.0 Å². The second-order valence-corrected chi connectivity index (χ2v) is 5.40. The zero-order valence-electron chi connectivity index (χ0n) is 11.9. The van der Waals surface area contributed by atoms with Gasteiger partial charge in [-0.25, -0.2) is 0 Å². The third-order valence-electron chi connectivity index (χ3n) is 3.23. The summed E-state index contributed by atoms with van der Waals surface area (Å²) in [5.41, 5.74) is 0.486. The van der Waals surface area contributed by atoms with Crippen LogP contribution in [-0.4, -0.2) is 41.7 Å². The van der Waals surface area contributed by atoms with Crippen LogP contribution in [0.2, 0.25) is 0 Å². The van der Waals surface area contributed by atoms with Crippen molar-refractivity contribution in [3.63, 3.8) is 0 Å². The smallest absolute Gasteiger partial charge is 0.239 e. The molecule has 6 heteroatoms. The van der Waals surface area contributed by atoms with Crippen LogP contribution in [0.4, 0.5) is 5.00 Å². The van der Waals surface area contributed by atoms with Gasteiger partial charge in [-0.05, 0) is 24.3 Å². The first kappa shape index (κ1) is 16.6. The highest BCUT2D eigenvalue weighted by Crippen LogP contribution is 2.22. The van der Waals surface area contributed by atoms with Gasteiger partial charge in [-0.2, -0.15) is 5.26 Å². The third-order valence-corrected chi connectivity index (χ3v) is 4.06. The molecule has 0 atom stereocenters. The predicted octanol–water partition coefficient (Wildman–Crippen LogP) is 2.04. The molecule has 0 spiro atoms. The second-order valence-electron chi connectivity index (χ2n) is 4.49. The molecular weight excluding hydrogens is 274 g/mol. The first-order valence-electron chi connectivity index (χ1n) is 6.78. The Balaban J connectivity index is 2.64. The van der Waals surface area contributed by atoms with E-state index in [9.17, 15) is 4.79 Å². The van der Waals surface area contributed by atoms with E-state index in [4.69, 9.17) is 10.4 Å². The fourth-order valence-corrected chi connectivity index (χ4v) is 2.92. The van der Waals surface area contributed by atoms with Gasteiger partial charge >= 0.3 is 0 Å². The van der Waals surface area contributed by atoms with Crippen molar-refractivity contribution >= 4 is 22.2 Å². The molecule has 0 saturated heterocycles. The van der Waals surface area contributed by atoms with Crippen molar-refractivity contribution in [1.82, 2.24) is 4.90 Å². The maximum atomic E-state index is 12.1. The van der Waals surface area contributed by atoms with Crippen LogP contribution in [0.3, 0.4) is 0 Å². The van der Waals surface area contributed by atoms with Gasteiger partial charge in [0.25, 0.3) is 0 Å². The Labute approximate surface area is 123 Å². The maximum absolute atomic E-state index is 12.1. The van der Waals surface area contributed by atoms with Crippen LogP contribution in [0.15, 0.2) is 11.4 Å². The number of thiophene rings is 1. The molecular formula is C14H21N3O2S. The number of carbonyl (C=O) groups is 1. The van der Waals surface area contributed by atoms with Crippen LogP contribution in [0, 0.1) is 11.3 Å². The Morgan fingerprint density at radius 1 is 1.55 bits per heavy atom. The van der Waals surface area contributed by atoms with Crippen molar-refractivity contribution in [3.8, 4) is 6.07 Å².